The molecule has 1 aromatic carbocycles. The average Bonchev–Trinajstić information content (AvgIpc) is 3.27. The number of piperidine rings is 1. The molecule has 9 heteroatoms. The van der Waals surface area contributed by atoms with Crippen LogP contribution in [0.3, 0.4) is 0 Å². The van der Waals surface area contributed by atoms with Gasteiger partial charge in [-0.25, -0.2) is 0 Å². The lowest BCUT2D eigenvalue weighted by molar-refractivity contribution is -0.156. The van der Waals surface area contributed by atoms with Crippen LogP contribution in [0.5, 0.6) is 0 Å². The highest BCUT2D eigenvalue weighted by molar-refractivity contribution is 8.93. The van der Waals surface area contributed by atoms with Gasteiger partial charge in [-0.2, -0.15) is 0 Å². The zero-order valence-corrected chi connectivity index (χ0v) is 16.2. The molecule has 0 saturated carbocycles. The maximum Gasteiger partial charge on any atom is 0.316 e. The highest BCUT2D eigenvalue weighted by atomic mass is 79.9. The normalized spacial score (nSPS) is 31.7. The van der Waals surface area contributed by atoms with E-state index >= 15 is 0 Å². The van der Waals surface area contributed by atoms with E-state index in [9.17, 15) is 9.90 Å². The summed E-state index contributed by atoms with van der Waals surface area (Å²) >= 11 is 0. The number of carbonyl (C=O) groups excluding carboxylic acids is 1. The molecule has 26 heavy (non-hydrogen) atoms. The first-order valence-electron chi connectivity index (χ1n) is 7.92. The van der Waals surface area contributed by atoms with Crippen LogP contribution in [0.1, 0.15) is 24.3 Å². The van der Waals surface area contributed by atoms with Crippen molar-refractivity contribution in [3.63, 3.8) is 0 Å². The van der Waals surface area contributed by atoms with Gasteiger partial charge < -0.3 is 31.0 Å². The van der Waals surface area contributed by atoms with E-state index in [2.05, 4.69) is 11.9 Å². The van der Waals surface area contributed by atoms with Gasteiger partial charge in [0.05, 0.1) is 6.61 Å². The number of fused-ring (bicyclic) bond motifs is 5. The van der Waals surface area contributed by atoms with Gasteiger partial charge in [-0.1, -0.05) is 30.3 Å². The fourth-order valence-corrected chi connectivity index (χ4v) is 4.04. The van der Waals surface area contributed by atoms with Crippen LogP contribution in [-0.2, 0) is 14.3 Å². The Hall–Kier alpha value is -1.07. The van der Waals surface area contributed by atoms with Crippen molar-refractivity contribution >= 4 is 23.0 Å². The molecule has 2 bridgehead atoms. The quantitative estimate of drug-likeness (QED) is 0.472. The number of aliphatic hydroxyl groups is 1. The summed E-state index contributed by atoms with van der Waals surface area (Å²) in [5, 5.41) is 9.56. The van der Waals surface area contributed by atoms with Crippen LogP contribution in [0.25, 0.3) is 0 Å². The molecule has 3 aliphatic rings. The summed E-state index contributed by atoms with van der Waals surface area (Å²) in [6.07, 6.45) is 2.26. The Labute approximate surface area is 162 Å². The van der Waals surface area contributed by atoms with Crippen molar-refractivity contribution in [1.82, 2.24) is 4.90 Å². The molecule has 0 aliphatic carbocycles. The third kappa shape index (κ3) is 4.25. The van der Waals surface area contributed by atoms with Crippen LogP contribution in [0, 0.1) is 0 Å². The third-order valence-electron chi connectivity index (χ3n) is 5.33. The summed E-state index contributed by atoms with van der Waals surface area (Å²) in [7, 11) is 2.13. The standard InChI is InChI=1S/C17H21NO4.BrH.3H2O/c1-18-13-7-11(8-14(18)16-15(13)22-16)21-17(20)12(9-19)10-5-3-2-4-6-10;;;;/h2-6,11-16,19H,7-9H2,1H3;1H;3*1H2/t11?,12?,13-,14-,15-,16+;;;;/m0..../s1. The molecular formula is C17H28BrNO7. The SMILES string of the molecule is Br.CN1[C@H]2CC(OC(=O)C(CO)c3ccccc3)C[C@H]1[C@H]1O[C@H]12.O.O.O. The minimum absolute atomic E-state index is 0. The summed E-state index contributed by atoms with van der Waals surface area (Å²) in [5.74, 6) is -0.915. The summed E-state index contributed by atoms with van der Waals surface area (Å²) in [6.45, 7) is -0.226. The number of epoxide rings is 1. The minimum Gasteiger partial charge on any atom is -0.462 e. The minimum atomic E-state index is -0.593. The zero-order valence-electron chi connectivity index (χ0n) is 14.5. The van der Waals surface area contributed by atoms with Crippen LogP contribution < -0.4 is 0 Å². The van der Waals surface area contributed by atoms with E-state index < -0.39 is 5.92 Å². The van der Waals surface area contributed by atoms with E-state index in [1.165, 1.54) is 0 Å². The lowest BCUT2D eigenvalue weighted by Crippen LogP contribution is -2.48. The molecule has 4 rings (SSSR count). The summed E-state index contributed by atoms with van der Waals surface area (Å²) < 4.78 is 11.4. The van der Waals surface area contributed by atoms with Gasteiger partial charge in [-0.3, -0.25) is 9.69 Å². The van der Waals surface area contributed by atoms with Gasteiger partial charge in [0.2, 0.25) is 0 Å². The second-order valence-electron chi connectivity index (χ2n) is 6.54. The number of likely N-dealkylation sites (N-methyl/N-ethyl adjacent to an activating group) is 1. The first kappa shape index (κ1) is 24.9. The fourth-order valence-electron chi connectivity index (χ4n) is 4.04. The Bertz CT molecular complexity index is 557. The van der Waals surface area contributed by atoms with Crippen molar-refractivity contribution in [2.45, 2.75) is 49.2 Å². The molecule has 0 spiro atoms. The molecule has 3 fully saturated rings. The number of esters is 1. The van der Waals surface area contributed by atoms with Crippen molar-refractivity contribution in [3.05, 3.63) is 35.9 Å². The van der Waals surface area contributed by atoms with E-state index in [1.54, 1.807) is 0 Å². The van der Waals surface area contributed by atoms with Gasteiger partial charge in [0, 0.05) is 24.9 Å². The van der Waals surface area contributed by atoms with E-state index in [1.807, 2.05) is 30.3 Å². The van der Waals surface area contributed by atoms with E-state index in [4.69, 9.17) is 9.47 Å². The second-order valence-corrected chi connectivity index (χ2v) is 6.54. The Balaban J connectivity index is 0.00000156. The van der Waals surface area contributed by atoms with Crippen molar-refractivity contribution in [2.75, 3.05) is 13.7 Å². The number of rotatable bonds is 4. The maximum absolute atomic E-state index is 12.4. The Morgan fingerprint density at radius 3 is 2.23 bits per heavy atom. The Morgan fingerprint density at radius 2 is 1.73 bits per heavy atom. The average molecular weight is 438 g/mol. The van der Waals surface area contributed by atoms with Crippen molar-refractivity contribution in [2.24, 2.45) is 0 Å². The zero-order chi connectivity index (χ0) is 15.3. The predicted molar refractivity (Wildman–Crippen MR) is 101 cm³/mol. The number of benzene rings is 1. The number of hydrogen-bond donors (Lipinski definition) is 1. The Morgan fingerprint density at radius 1 is 1.19 bits per heavy atom. The van der Waals surface area contributed by atoms with Crippen LogP contribution >= 0.6 is 17.0 Å². The number of morpholine rings is 1. The third-order valence-corrected chi connectivity index (χ3v) is 5.33. The largest absolute Gasteiger partial charge is 0.462 e. The highest BCUT2D eigenvalue weighted by Gasteiger charge is 2.62. The summed E-state index contributed by atoms with van der Waals surface area (Å²) in [5.41, 5.74) is 0.803. The molecule has 0 amide bonds. The van der Waals surface area contributed by atoms with Crippen LogP contribution in [0.15, 0.2) is 30.3 Å². The van der Waals surface area contributed by atoms with Crippen LogP contribution in [0.2, 0.25) is 0 Å². The maximum atomic E-state index is 12.4. The van der Waals surface area contributed by atoms with E-state index in [0.29, 0.717) is 24.3 Å². The molecule has 7 N–H and O–H groups in total. The smallest absolute Gasteiger partial charge is 0.316 e. The van der Waals surface area contributed by atoms with Gasteiger partial charge >= 0.3 is 5.97 Å². The number of nitrogens with zero attached hydrogens (tertiary/aromatic N) is 1. The molecule has 6 atom stereocenters. The van der Waals surface area contributed by atoms with E-state index in [0.717, 1.165) is 18.4 Å². The van der Waals surface area contributed by atoms with Crippen molar-refractivity contribution in [3.8, 4) is 0 Å². The number of carbonyl (C=O) groups is 1. The van der Waals surface area contributed by atoms with Gasteiger partial charge in [0.25, 0.3) is 0 Å². The summed E-state index contributed by atoms with van der Waals surface area (Å²) in [6, 6.07) is 10.1. The van der Waals surface area contributed by atoms with Crippen molar-refractivity contribution in [1.29, 1.82) is 0 Å². The molecule has 0 aromatic heterocycles. The summed E-state index contributed by atoms with van der Waals surface area (Å²) in [4.78, 5) is 14.8. The number of ether oxygens (including phenoxy) is 2. The monoisotopic (exact) mass is 437 g/mol. The molecule has 3 heterocycles. The molecule has 150 valence electrons. The molecule has 0 radical (unpaired) electrons. The lowest BCUT2D eigenvalue weighted by atomic mass is 9.97. The predicted octanol–water partition coefficient (Wildman–Crippen LogP) is -0.978. The molecule has 8 nitrogen and oxygen atoms in total. The molecule has 2 unspecified atom stereocenters. The molecular weight excluding hydrogens is 410 g/mol. The first-order valence-corrected chi connectivity index (χ1v) is 7.92. The van der Waals surface area contributed by atoms with Gasteiger partial charge in [0.15, 0.2) is 0 Å². The van der Waals surface area contributed by atoms with Crippen molar-refractivity contribution < 1.29 is 35.8 Å². The van der Waals surface area contributed by atoms with E-state index in [-0.39, 0.29) is 52.1 Å². The molecule has 3 aliphatic heterocycles. The van der Waals surface area contributed by atoms with Gasteiger partial charge in [-0.05, 0) is 12.6 Å². The molecule has 1 aromatic rings. The number of halogens is 1. The number of aliphatic hydroxyl groups excluding tert-OH is 1. The van der Waals surface area contributed by atoms with Crippen LogP contribution in [0.4, 0.5) is 0 Å². The lowest BCUT2D eigenvalue weighted by Gasteiger charge is -2.38. The second kappa shape index (κ2) is 9.75. The van der Waals surface area contributed by atoms with Crippen LogP contribution in [-0.4, -0.2) is 76.5 Å². The highest BCUT2D eigenvalue weighted by Crippen LogP contribution is 2.48. The van der Waals surface area contributed by atoms with Gasteiger partial charge in [0.1, 0.15) is 24.2 Å². The topological polar surface area (TPSA) is 157 Å². The molecule has 3 saturated heterocycles. The fraction of sp³-hybridized carbons (Fsp3) is 0.588. The first-order chi connectivity index (χ1) is 10.7. The van der Waals surface area contributed by atoms with Gasteiger partial charge in [-0.15, -0.1) is 17.0 Å². The number of hydrogen-bond acceptors (Lipinski definition) is 5. The Kier molecular flexibility index (Phi) is 9.35.